The molecular formula is C10H16FN3O2S. The van der Waals surface area contributed by atoms with E-state index in [1.807, 2.05) is 6.92 Å². The molecule has 1 atom stereocenters. The van der Waals surface area contributed by atoms with E-state index in [1.54, 1.807) is 0 Å². The molecule has 0 aromatic carbocycles. The normalized spacial score (nSPS) is 13.6. The van der Waals surface area contributed by atoms with Gasteiger partial charge in [-0.1, -0.05) is 6.92 Å². The molecule has 0 saturated carbocycles. The van der Waals surface area contributed by atoms with E-state index in [9.17, 15) is 12.8 Å². The Kier molecular flexibility index (Phi) is 4.98. The van der Waals surface area contributed by atoms with Crippen LogP contribution in [0.2, 0.25) is 0 Å². The first-order valence-corrected chi connectivity index (χ1v) is 6.82. The second-order valence-electron chi connectivity index (χ2n) is 3.59. The van der Waals surface area contributed by atoms with Crippen molar-refractivity contribution in [3.8, 4) is 0 Å². The second-order valence-corrected chi connectivity index (χ2v) is 5.22. The maximum absolute atomic E-state index is 13.3. The van der Waals surface area contributed by atoms with Crippen molar-refractivity contribution in [2.24, 2.45) is 5.73 Å². The van der Waals surface area contributed by atoms with E-state index in [1.165, 1.54) is 12.3 Å². The van der Waals surface area contributed by atoms with Gasteiger partial charge in [0.05, 0.1) is 0 Å². The molecule has 1 heterocycles. The molecule has 0 bridgehead atoms. The molecule has 1 rings (SSSR count). The summed E-state index contributed by atoms with van der Waals surface area (Å²) < 4.78 is 39.4. The quantitative estimate of drug-likeness (QED) is 0.786. The van der Waals surface area contributed by atoms with Crippen molar-refractivity contribution >= 4 is 10.0 Å². The smallest absolute Gasteiger partial charge is 0.261 e. The highest BCUT2D eigenvalue weighted by atomic mass is 32.2. The van der Waals surface area contributed by atoms with Crippen LogP contribution in [-0.4, -0.2) is 26.0 Å². The third-order valence-corrected chi connectivity index (χ3v) is 3.76. The first-order valence-electron chi connectivity index (χ1n) is 5.34. The molecule has 1 aromatic rings. The monoisotopic (exact) mass is 261 g/mol. The molecular weight excluding hydrogens is 245 g/mol. The van der Waals surface area contributed by atoms with Crippen molar-refractivity contribution in [2.45, 2.75) is 30.8 Å². The molecule has 1 unspecified atom stereocenters. The van der Waals surface area contributed by atoms with Gasteiger partial charge in [0.2, 0.25) is 5.03 Å². The Bertz CT molecular complexity index is 464. The Balaban J connectivity index is 2.92. The number of hydrogen-bond acceptors (Lipinski definition) is 4. The summed E-state index contributed by atoms with van der Waals surface area (Å²) in [6.45, 7) is 2.20. The summed E-state index contributed by atoms with van der Waals surface area (Å²) in [6.07, 6.45) is 2.33. The van der Waals surface area contributed by atoms with Crippen molar-refractivity contribution in [1.82, 2.24) is 9.71 Å². The summed E-state index contributed by atoms with van der Waals surface area (Å²) in [4.78, 5) is 3.54. The highest BCUT2D eigenvalue weighted by Gasteiger charge is 2.23. The van der Waals surface area contributed by atoms with Gasteiger partial charge in [-0.05, 0) is 31.5 Å². The largest absolute Gasteiger partial charge is 0.330 e. The van der Waals surface area contributed by atoms with Gasteiger partial charge in [-0.3, -0.25) is 0 Å². The van der Waals surface area contributed by atoms with E-state index < -0.39 is 20.9 Å². The van der Waals surface area contributed by atoms with Gasteiger partial charge in [-0.2, -0.15) is 0 Å². The van der Waals surface area contributed by atoms with Crippen molar-refractivity contribution < 1.29 is 12.8 Å². The van der Waals surface area contributed by atoms with Gasteiger partial charge in [0.25, 0.3) is 10.0 Å². The van der Waals surface area contributed by atoms with Gasteiger partial charge in [-0.15, -0.1) is 0 Å². The van der Waals surface area contributed by atoms with E-state index in [0.29, 0.717) is 19.4 Å². The molecule has 0 aliphatic heterocycles. The number of nitrogens with two attached hydrogens (primary N) is 1. The maximum Gasteiger partial charge on any atom is 0.261 e. The molecule has 0 saturated heterocycles. The van der Waals surface area contributed by atoms with Crippen LogP contribution in [0, 0.1) is 5.82 Å². The Morgan fingerprint density at radius 1 is 1.59 bits per heavy atom. The summed E-state index contributed by atoms with van der Waals surface area (Å²) in [6, 6.07) is 2.10. The average Bonchev–Trinajstić information content (AvgIpc) is 2.28. The van der Waals surface area contributed by atoms with E-state index in [-0.39, 0.29) is 6.04 Å². The van der Waals surface area contributed by atoms with Crippen LogP contribution in [0.5, 0.6) is 0 Å². The van der Waals surface area contributed by atoms with Crippen LogP contribution in [0.4, 0.5) is 4.39 Å². The maximum atomic E-state index is 13.3. The fraction of sp³-hybridized carbons (Fsp3) is 0.500. The number of pyridine rings is 1. The number of aromatic nitrogens is 1. The summed E-state index contributed by atoms with van der Waals surface area (Å²) in [5.74, 6) is -0.859. The molecule has 7 heteroatoms. The van der Waals surface area contributed by atoms with Crippen LogP contribution >= 0.6 is 0 Å². The molecule has 5 nitrogen and oxygen atoms in total. The highest BCUT2D eigenvalue weighted by molar-refractivity contribution is 7.89. The third kappa shape index (κ3) is 3.72. The van der Waals surface area contributed by atoms with Crippen LogP contribution < -0.4 is 10.5 Å². The Morgan fingerprint density at radius 2 is 2.29 bits per heavy atom. The molecule has 0 fully saturated rings. The Hall–Kier alpha value is -1.05. The summed E-state index contributed by atoms with van der Waals surface area (Å²) in [7, 11) is -3.92. The summed E-state index contributed by atoms with van der Waals surface area (Å²) >= 11 is 0. The van der Waals surface area contributed by atoms with Crippen molar-refractivity contribution in [1.29, 1.82) is 0 Å². The first kappa shape index (κ1) is 14.0. The summed E-state index contributed by atoms with van der Waals surface area (Å²) in [5, 5.41) is -0.574. The molecule has 0 amide bonds. The molecule has 0 aliphatic rings. The van der Waals surface area contributed by atoms with Gasteiger partial charge >= 0.3 is 0 Å². The third-order valence-electron chi connectivity index (χ3n) is 2.31. The standard InChI is InChI=1S/C10H16FN3O2S/c1-2-8(5-6-12)14-17(15,16)10-9(11)4-3-7-13-10/h3-4,7-8,14H,2,5-6,12H2,1H3. The topological polar surface area (TPSA) is 85.1 Å². The fourth-order valence-electron chi connectivity index (χ4n) is 1.39. The van der Waals surface area contributed by atoms with Crippen LogP contribution in [0.25, 0.3) is 0 Å². The van der Waals surface area contributed by atoms with E-state index in [2.05, 4.69) is 9.71 Å². The van der Waals surface area contributed by atoms with Crippen LogP contribution in [0.3, 0.4) is 0 Å². The SMILES string of the molecule is CCC(CCN)NS(=O)(=O)c1ncccc1F. The number of halogens is 1. The van der Waals surface area contributed by atoms with Crippen molar-refractivity contribution in [2.75, 3.05) is 6.54 Å². The lowest BCUT2D eigenvalue weighted by atomic mass is 10.2. The van der Waals surface area contributed by atoms with Gasteiger partial charge in [0.1, 0.15) is 0 Å². The first-order chi connectivity index (χ1) is 8.01. The van der Waals surface area contributed by atoms with Crippen LogP contribution in [0.15, 0.2) is 23.4 Å². The summed E-state index contributed by atoms with van der Waals surface area (Å²) in [5.41, 5.74) is 5.37. The lowest BCUT2D eigenvalue weighted by Gasteiger charge is -2.15. The van der Waals surface area contributed by atoms with Gasteiger partial charge in [-0.25, -0.2) is 22.5 Å². The lowest BCUT2D eigenvalue weighted by molar-refractivity contribution is 0.507. The second kappa shape index (κ2) is 6.04. The lowest BCUT2D eigenvalue weighted by Crippen LogP contribution is -2.36. The zero-order valence-electron chi connectivity index (χ0n) is 9.56. The number of nitrogens with one attached hydrogen (secondary N) is 1. The molecule has 3 N–H and O–H groups in total. The molecule has 0 spiro atoms. The average molecular weight is 261 g/mol. The van der Waals surface area contributed by atoms with E-state index >= 15 is 0 Å². The zero-order chi connectivity index (χ0) is 12.9. The molecule has 0 aliphatic carbocycles. The Morgan fingerprint density at radius 3 is 2.82 bits per heavy atom. The number of sulfonamides is 1. The van der Waals surface area contributed by atoms with Crippen molar-refractivity contribution in [3.63, 3.8) is 0 Å². The van der Waals surface area contributed by atoms with Crippen LogP contribution in [0.1, 0.15) is 19.8 Å². The van der Waals surface area contributed by atoms with Crippen molar-refractivity contribution in [3.05, 3.63) is 24.1 Å². The minimum absolute atomic E-state index is 0.300. The van der Waals surface area contributed by atoms with E-state index in [0.717, 1.165) is 6.07 Å². The fourth-order valence-corrected chi connectivity index (χ4v) is 2.75. The molecule has 17 heavy (non-hydrogen) atoms. The number of hydrogen-bond donors (Lipinski definition) is 2. The highest BCUT2D eigenvalue weighted by Crippen LogP contribution is 2.11. The number of rotatable bonds is 6. The number of nitrogens with zero attached hydrogens (tertiary/aromatic N) is 1. The van der Waals surface area contributed by atoms with Gasteiger partial charge in [0, 0.05) is 12.2 Å². The minimum Gasteiger partial charge on any atom is -0.330 e. The van der Waals surface area contributed by atoms with E-state index in [4.69, 9.17) is 5.73 Å². The zero-order valence-corrected chi connectivity index (χ0v) is 10.4. The minimum atomic E-state index is -3.92. The van der Waals surface area contributed by atoms with Crippen LogP contribution in [-0.2, 0) is 10.0 Å². The Labute approximate surface area is 100 Å². The van der Waals surface area contributed by atoms with Gasteiger partial charge in [0.15, 0.2) is 5.82 Å². The van der Waals surface area contributed by atoms with Gasteiger partial charge < -0.3 is 5.73 Å². The predicted molar refractivity (Wildman–Crippen MR) is 62.3 cm³/mol. The predicted octanol–water partition coefficient (Wildman–Crippen LogP) is 0.626. The molecule has 96 valence electrons. The molecule has 0 radical (unpaired) electrons. The molecule has 1 aromatic heterocycles.